The van der Waals surface area contributed by atoms with Gasteiger partial charge >= 0.3 is 5.97 Å². The van der Waals surface area contributed by atoms with E-state index in [0.717, 1.165) is 11.0 Å². The summed E-state index contributed by atoms with van der Waals surface area (Å²) in [6.07, 6.45) is 0. The van der Waals surface area contributed by atoms with E-state index in [2.05, 4.69) is 0 Å². The van der Waals surface area contributed by atoms with Gasteiger partial charge in [0.1, 0.15) is 5.58 Å². The van der Waals surface area contributed by atoms with Gasteiger partial charge in [-0.1, -0.05) is 30.0 Å². The Morgan fingerprint density at radius 2 is 2.21 bits per heavy atom. The molecule has 0 spiro atoms. The number of carbonyl (C=O) groups is 1. The van der Waals surface area contributed by atoms with Crippen LogP contribution in [0.5, 0.6) is 0 Å². The van der Waals surface area contributed by atoms with Crippen LogP contribution in [0.4, 0.5) is 0 Å². The van der Waals surface area contributed by atoms with Crippen LogP contribution in [0.2, 0.25) is 0 Å². The lowest BCUT2D eigenvalue weighted by molar-refractivity contribution is -0.133. The van der Waals surface area contributed by atoms with E-state index in [4.69, 9.17) is 9.52 Å². The van der Waals surface area contributed by atoms with Crippen LogP contribution in [0.3, 0.4) is 0 Å². The normalized spacial score (nSPS) is 10.6. The smallest absolute Gasteiger partial charge is 0.313 e. The molecule has 0 aliphatic heterocycles. The topological polar surface area (TPSA) is 50.4 Å². The number of hydrogen-bond donors (Lipinski definition) is 1. The molecular weight excluding hydrogens is 200 g/mol. The molecule has 2 rings (SSSR count). The SMILES string of the molecule is O=C(O)CSc1cc2ccccc2o1. The molecule has 0 radical (unpaired) electrons. The number of rotatable bonds is 3. The summed E-state index contributed by atoms with van der Waals surface area (Å²) in [5, 5.41) is 10.1. The number of hydrogen-bond acceptors (Lipinski definition) is 3. The Kier molecular flexibility index (Phi) is 2.45. The minimum atomic E-state index is -0.838. The second kappa shape index (κ2) is 3.75. The highest BCUT2D eigenvalue weighted by atomic mass is 32.2. The van der Waals surface area contributed by atoms with Crippen molar-refractivity contribution in [1.29, 1.82) is 0 Å². The maximum atomic E-state index is 10.3. The van der Waals surface area contributed by atoms with Gasteiger partial charge in [-0.05, 0) is 12.1 Å². The third kappa shape index (κ3) is 1.90. The molecule has 0 saturated carbocycles. The lowest BCUT2D eigenvalue weighted by Gasteiger charge is -1.89. The Bertz CT molecular complexity index is 428. The summed E-state index contributed by atoms with van der Waals surface area (Å²) in [4.78, 5) is 10.3. The maximum absolute atomic E-state index is 10.3. The summed E-state index contributed by atoms with van der Waals surface area (Å²) in [5.41, 5.74) is 0.792. The van der Waals surface area contributed by atoms with Crippen molar-refractivity contribution in [2.45, 2.75) is 5.09 Å². The van der Waals surface area contributed by atoms with Crippen LogP contribution < -0.4 is 0 Å². The van der Waals surface area contributed by atoms with Crippen molar-refractivity contribution >= 4 is 28.7 Å². The standard InChI is InChI=1S/C10H8O3S/c11-9(12)6-14-10-5-7-3-1-2-4-8(7)13-10/h1-5H,6H2,(H,11,12). The van der Waals surface area contributed by atoms with E-state index in [0.29, 0.717) is 5.09 Å². The highest BCUT2D eigenvalue weighted by Crippen LogP contribution is 2.26. The molecule has 4 heteroatoms. The second-order valence-electron chi connectivity index (χ2n) is 2.79. The monoisotopic (exact) mass is 208 g/mol. The first-order valence-corrected chi connectivity index (χ1v) is 5.07. The zero-order chi connectivity index (χ0) is 9.97. The zero-order valence-electron chi connectivity index (χ0n) is 7.27. The first-order valence-electron chi connectivity index (χ1n) is 4.09. The Morgan fingerprint density at radius 1 is 1.43 bits per heavy atom. The molecule has 0 fully saturated rings. The fourth-order valence-electron chi connectivity index (χ4n) is 1.16. The number of furan rings is 1. The molecule has 0 saturated heterocycles. The van der Waals surface area contributed by atoms with Crippen LogP contribution in [0.25, 0.3) is 11.0 Å². The highest BCUT2D eigenvalue weighted by Gasteiger charge is 2.05. The third-order valence-corrected chi connectivity index (χ3v) is 2.62. The van der Waals surface area contributed by atoms with E-state index in [1.165, 1.54) is 11.8 Å². The molecule has 0 bridgehead atoms. The number of aliphatic carboxylic acids is 1. The van der Waals surface area contributed by atoms with Crippen molar-refractivity contribution in [1.82, 2.24) is 0 Å². The van der Waals surface area contributed by atoms with Gasteiger partial charge in [0.05, 0.1) is 5.75 Å². The van der Waals surface area contributed by atoms with Crippen molar-refractivity contribution in [3.8, 4) is 0 Å². The van der Waals surface area contributed by atoms with Crippen molar-refractivity contribution in [2.75, 3.05) is 5.75 Å². The summed E-state index contributed by atoms with van der Waals surface area (Å²) >= 11 is 1.19. The molecule has 0 unspecified atom stereocenters. The molecule has 1 heterocycles. The van der Waals surface area contributed by atoms with Gasteiger partial charge in [-0.2, -0.15) is 0 Å². The summed E-state index contributed by atoms with van der Waals surface area (Å²) in [7, 11) is 0. The summed E-state index contributed by atoms with van der Waals surface area (Å²) in [6, 6.07) is 9.45. The van der Waals surface area contributed by atoms with E-state index in [-0.39, 0.29) is 5.75 Å². The Balaban J connectivity index is 2.22. The first-order chi connectivity index (χ1) is 6.75. The summed E-state index contributed by atoms with van der Waals surface area (Å²) in [5.74, 6) is -0.810. The van der Waals surface area contributed by atoms with Gasteiger partial charge in [0.25, 0.3) is 0 Å². The van der Waals surface area contributed by atoms with Crippen LogP contribution in [0.1, 0.15) is 0 Å². The second-order valence-corrected chi connectivity index (χ2v) is 3.77. The third-order valence-electron chi connectivity index (χ3n) is 1.74. The van der Waals surface area contributed by atoms with Gasteiger partial charge in [0.2, 0.25) is 0 Å². The zero-order valence-corrected chi connectivity index (χ0v) is 8.08. The van der Waals surface area contributed by atoms with Crippen molar-refractivity contribution in [3.63, 3.8) is 0 Å². The molecule has 2 aromatic rings. The number of carboxylic acid groups (broad SMARTS) is 1. The van der Waals surface area contributed by atoms with Crippen LogP contribution in [0, 0.1) is 0 Å². The van der Waals surface area contributed by atoms with Gasteiger partial charge < -0.3 is 9.52 Å². The minimum Gasteiger partial charge on any atom is -0.481 e. The first kappa shape index (κ1) is 9.15. The lowest BCUT2D eigenvalue weighted by atomic mass is 10.3. The molecule has 0 aliphatic rings. The number of thioether (sulfide) groups is 1. The largest absolute Gasteiger partial charge is 0.481 e. The average molecular weight is 208 g/mol. The molecule has 0 atom stereocenters. The van der Waals surface area contributed by atoms with E-state index in [9.17, 15) is 4.79 Å². The predicted molar refractivity (Wildman–Crippen MR) is 54.6 cm³/mol. The number of benzene rings is 1. The molecule has 0 amide bonds. The van der Waals surface area contributed by atoms with E-state index >= 15 is 0 Å². The molecule has 14 heavy (non-hydrogen) atoms. The van der Waals surface area contributed by atoms with Crippen LogP contribution in [-0.4, -0.2) is 16.8 Å². The molecule has 0 aliphatic carbocycles. The molecule has 3 nitrogen and oxygen atoms in total. The number of fused-ring (bicyclic) bond motifs is 1. The predicted octanol–water partition coefficient (Wildman–Crippen LogP) is 2.61. The Hall–Kier alpha value is -1.42. The van der Waals surface area contributed by atoms with Crippen LogP contribution in [-0.2, 0) is 4.79 Å². The van der Waals surface area contributed by atoms with E-state index in [1.54, 1.807) is 0 Å². The van der Waals surface area contributed by atoms with Crippen molar-refractivity contribution in [2.24, 2.45) is 0 Å². The van der Waals surface area contributed by atoms with E-state index in [1.807, 2.05) is 30.3 Å². The van der Waals surface area contributed by atoms with Crippen LogP contribution >= 0.6 is 11.8 Å². The van der Waals surface area contributed by atoms with Gasteiger partial charge in [0.15, 0.2) is 5.09 Å². The molecule has 1 aromatic heterocycles. The average Bonchev–Trinajstić information content (AvgIpc) is 2.57. The van der Waals surface area contributed by atoms with Gasteiger partial charge in [0, 0.05) is 5.39 Å². The Morgan fingerprint density at radius 3 is 2.93 bits per heavy atom. The molecule has 1 N–H and O–H groups in total. The van der Waals surface area contributed by atoms with E-state index < -0.39 is 5.97 Å². The number of carboxylic acids is 1. The van der Waals surface area contributed by atoms with Gasteiger partial charge in [-0.3, -0.25) is 4.79 Å². The van der Waals surface area contributed by atoms with Crippen molar-refractivity contribution in [3.05, 3.63) is 30.3 Å². The fourth-order valence-corrected chi connectivity index (χ4v) is 1.79. The Labute approximate surface area is 84.7 Å². The molecule has 1 aromatic carbocycles. The lowest BCUT2D eigenvalue weighted by Crippen LogP contribution is -1.96. The van der Waals surface area contributed by atoms with Crippen molar-refractivity contribution < 1.29 is 14.3 Å². The molecule has 72 valence electrons. The quantitative estimate of drug-likeness (QED) is 0.788. The highest BCUT2D eigenvalue weighted by molar-refractivity contribution is 7.99. The fraction of sp³-hybridized carbons (Fsp3) is 0.100. The van der Waals surface area contributed by atoms with Gasteiger partial charge in [-0.25, -0.2) is 0 Å². The summed E-state index contributed by atoms with van der Waals surface area (Å²) < 4.78 is 5.42. The van der Waals surface area contributed by atoms with Crippen LogP contribution in [0.15, 0.2) is 39.8 Å². The maximum Gasteiger partial charge on any atom is 0.313 e. The minimum absolute atomic E-state index is 0.0276. The van der Waals surface area contributed by atoms with Gasteiger partial charge in [-0.15, -0.1) is 0 Å². The number of para-hydroxylation sites is 1. The molecular formula is C10H8O3S. The summed E-state index contributed by atoms with van der Waals surface area (Å²) in [6.45, 7) is 0.